The van der Waals surface area contributed by atoms with Gasteiger partial charge in [-0.1, -0.05) is 19.4 Å². The van der Waals surface area contributed by atoms with Gasteiger partial charge in [0, 0.05) is 4.47 Å². The molecule has 1 unspecified atom stereocenters. The Bertz CT molecular complexity index is 379. The molecule has 0 saturated heterocycles. The molecule has 0 spiro atoms. The van der Waals surface area contributed by atoms with Crippen LogP contribution in [0, 0.1) is 5.41 Å². The van der Waals surface area contributed by atoms with Gasteiger partial charge in [-0.15, -0.1) is 0 Å². The summed E-state index contributed by atoms with van der Waals surface area (Å²) in [5.74, 6) is 0.689. The second kappa shape index (κ2) is 5.89. The van der Waals surface area contributed by atoms with E-state index in [1.165, 1.54) is 0 Å². The summed E-state index contributed by atoms with van der Waals surface area (Å²) >= 11 is 3.38. The van der Waals surface area contributed by atoms with Gasteiger partial charge in [-0.05, 0) is 41.4 Å². The van der Waals surface area contributed by atoms with Crippen molar-refractivity contribution < 1.29 is 4.74 Å². The van der Waals surface area contributed by atoms with Crippen LogP contribution in [0.3, 0.4) is 0 Å². The normalized spacial score (nSPS) is 12.2. The summed E-state index contributed by atoms with van der Waals surface area (Å²) in [6, 6.07) is 5.58. The summed E-state index contributed by atoms with van der Waals surface area (Å²) in [4.78, 5) is 0. The Kier molecular flexibility index (Phi) is 4.80. The molecule has 0 fully saturated rings. The van der Waals surface area contributed by atoms with Crippen LogP contribution >= 0.6 is 15.9 Å². The second-order valence-electron chi connectivity index (χ2n) is 3.74. The molecular formula is C12H17BrN2O. The van der Waals surface area contributed by atoms with Crippen LogP contribution < -0.4 is 10.5 Å². The topological polar surface area (TPSA) is 59.1 Å². The van der Waals surface area contributed by atoms with E-state index < -0.39 is 0 Å². The predicted molar refractivity (Wildman–Crippen MR) is 70.2 cm³/mol. The van der Waals surface area contributed by atoms with E-state index in [0.29, 0.717) is 11.3 Å². The van der Waals surface area contributed by atoms with E-state index in [9.17, 15) is 0 Å². The van der Waals surface area contributed by atoms with Gasteiger partial charge >= 0.3 is 0 Å². The van der Waals surface area contributed by atoms with Crippen molar-refractivity contribution in [3.8, 4) is 5.75 Å². The number of rotatable bonds is 5. The maximum Gasteiger partial charge on any atom is 0.131 e. The minimum atomic E-state index is 0.0196. The zero-order valence-corrected chi connectivity index (χ0v) is 11.2. The van der Waals surface area contributed by atoms with Crippen molar-refractivity contribution in [2.45, 2.75) is 32.8 Å². The summed E-state index contributed by atoms with van der Waals surface area (Å²) in [6.07, 6.45) is 2.20. The van der Waals surface area contributed by atoms with Gasteiger partial charge in [0.05, 0.1) is 11.7 Å². The third-order valence-corrected chi connectivity index (χ3v) is 2.93. The lowest BCUT2D eigenvalue weighted by atomic mass is 10.1. The van der Waals surface area contributed by atoms with E-state index in [1.807, 2.05) is 25.1 Å². The molecule has 0 saturated carbocycles. The first-order valence-corrected chi connectivity index (χ1v) is 6.15. The molecule has 0 aliphatic rings. The Morgan fingerprint density at radius 1 is 1.56 bits per heavy atom. The van der Waals surface area contributed by atoms with E-state index in [2.05, 4.69) is 22.9 Å². The van der Waals surface area contributed by atoms with Crippen LogP contribution in [0.15, 0.2) is 22.7 Å². The van der Waals surface area contributed by atoms with Gasteiger partial charge in [0.2, 0.25) is 0 Å². The van der Waals surface area contributed by atoms with Crippen molar-refractivity contribution in [1.29, 1.82) is 5.41 Å². The van der Waals surface area contributed by atoms with Crippen molar-refractivity contribution in [2.75, 3.05) is 0 Å². The highest BCUT2D eigenvalue weighted by Crippen LogP contribution is 2.27. The number of halogens is 1. The molecule has 3 nitrogen and oxygen atoms in total. The first kappa shape index (κ1) is 13.0. The fourth-order valence-electron chi connectivity index (χ4n) is 1.55. The van der Waals surface area contributed by atoms with E-state index in [0.717, 1.165) is 17.3 Å². The monoisotopic (exact) mass is 284 g/mol. The average Bonchev–Trinajstić information content (AvgIpc) is 2.17. The van der Waals surface area contributed by atoms with Gasteiger partial charge < -0.3 is 10.5 Å². The zero-order valence-electron chi connectivity index (χ0n) is 9.59. The molecule has 1 rings (SSSR count). The average molecular weight is 285 g/mol. The number of hydrogen-bond donors (Lipinski definition) is 2. The Morgan fingerprint density at radius 2 is 2.25 bits per heavy atom. The fourth-order valence-corrected chi connectivity index (χ4v) is 2.11. The Labute approximate surface area is 105 Å². The first-order chi connectivity index (χ1) is 7.56. The summed E-state index contributed by atoms with van der Waals surface area (Å²) in [5, 5.41) is 7.53. The number of hydrogen-bond acceptors (Lipinski definition) is 2. The van der Waals surface area contributed by atoms with Crippen LogP contribution in [-0.2, 0) is 0 Å². The number of benzene rings is 1. The van der Waals surface area contributed by atoms with Crippen molar-refractivity contribution >= 4 is 21.8 Å². The summed E-state index contributed by atoms with van der Waals surface area (Å²) in [6.45, 7) is 4.14. The molecule has 1 aromatic rings. The standard InChI is InChI=1S/C12H17BrN2O/c1-3-5-8(2)16-10-7-4-6-9(13)11(10)12(14)15/h4,6-8H,3,5H2,1-2H3,(H3,14,15). The number of nitrogens with one attached hydrogen (secondary N) is 1. The van der Waals surface area contributed by atoms with Gasteiger partial charge in [-0.25, -0.2) is 0 Å². The van der Waals surface area contributed by atoms with Crippen molar-refractivity contribution in [1.82, 2.24) is 0 Å². The lowest BCUT2D eigenvalue weighted by Crippen LogP contribution is -2.17. The number of amidine groups is 1. The highest BCUT2D eigenvalue weighted by Gasteiger charge is 2.12. The van der Waals surface area contributed by atoms with Gasteiger partial charge in [0.15, 0.2) is 0 Å². The van der Waals surface area contributed by atoms with E-state index >= 15 is 0 Å². The van der Waals surface area contributed by atoms with Crippen LogP contribution in [0.1, 0.15) is 32.3 Å². The van der Waals surface area contributed by atoms with Crippen LogP contribution in [-0.4, -0.2) is 11.9 Å². The van der Waals surface area contributed by atoms with Gasteiger partial charge in [-0.2, -0.15) is 0 Å². The Balaban J connectivity index is 2.95. The lowest BCUT2D eigenvalue weighted by Gasteiger charge is -2.17. The summed E-state index contributed by atoms with van der Waals surface area (Å²) < 4.78 is 6.57. The van der Waals surface area contributed by atoms with Crippen LogP contribution in [0.25, 0.3) is 0 Å². The van der Waals surface area contributed by atoms with Crippen LogP contribution in [0.2, 0.25) is 0 Å². The molecular weight excluding hydrogens is 268 g/mol. The molecule has 0 aliphatic carbocycles. The maximum atomic E-state index is 7.53. The summed E-state index contributed by atoms with van der Waals surface area (Å²) in [5.41, 5.74) is 6.17. The third kappa shape index (κ3) is 3.23. The molecule has 88 valence electrons. The molecule has 4 heteroatoms. The maximum absolute atomic E-state index is 7.53. The van der Waals surface area contributed by atoms with Gasteiger partial charge in [-0.3, -0.25) is 5.41 Å². The first-order valence-electron chi connectivity index (χ1n) is 5.35. The van der Waals surface area contributed by atoms with Crippen molar-refractivity contribution in [2.24, 2.45) is 5.73 Å². The molecule has 0 aliphatic heterocycles. The fraction of sp³-hybridized carbons (Fsp3) is 0.417. The Morgan fingerprint density at radius 3 is 2.81 bits per heavy atom. The second-order valence-corrected chi connectivity index (χ2v) is 4.60. The van der Waals surface area contributed by atoms with Crippen LogP contribution in [0.4, 0.5) is 0 Å². The molecule has 3 N–H and O–H groups in total. The molecule has 0 radical (unpaired) electrons. The van der Waals surface area contributed by atoms with Gasteiger partial charge in [0.25, 0.3) is 0 Å². The molecule has 0 aromatic heterocycles. The minimum absolute atomic E-state index is 0.0196. The number of nitrogens with two attached hydrogens (primary N) is 1. The quantitative estimate of drug-likeness (QED) is 0.644. The largest absolute Gasteiger partial charge is 0.490 e. The Hall–Kier alpha value is -1.03. The van der Waals surface area contributed by atoms with Crippen molar-refractivity contribution in [3.05, 3.63) is 28.2 Å². The number of nitrogen functional groups attached to an aromatic ring is 1. The molecule has 1 atom stereocenters. The summed E-state index contributed by atoms with van der Waals surface area (Å²) in [7, 11) is 0. The number of ether oxygens (including phenoxy) is 1. The third-order valence-electron chi connectivity index (χ3n) is 2.27. The predicted octanol–water partition coefficient (Wildman–Crippen LogP) is 3.30. The minimum Gasteiger partial charge on any atom is -0.490 e. The van der Waals surface area contributed by atoms with E-state index in [1.54, 1.807) is 0 Å². The highest BCUT2D eigenvalue weighted by atomic mass is 79.9. The zero-order chi connectivity index (χ0) is 12.1. The molecule has 0 heterocycles. The van der Waals surface area contributed by atoms with E-state index in [4.69, 9.17) is 15.9 Å². The van der Waals surface area contributed by atoms with Gasteiger partial charge in [0.1, 0.15) is 11.6 Å². The SMILES string of the molecule is CCCC(C)Oc1cccc(Br)c1C(=N)N. The molecule has 16 heavy (non-hydrogen) atoms. The molecule has 0 bridgehead atoms. The highest BCUT2D eigenvalue weighted by molar-refractivity contribution is 9.10. The smallest absolute Gasteiger partial charge is 0.131 e. The lowest BCUT2D eigenvalue weighted by molar-refractivity contribution is 0.209. The molecule has 1 aromatic carbocycles. The molecule has 0 amide bonds. The van der Waals surface area contributed by atoms with Crippen LogP contribution in [0.5, 0.6) is 5.75 Å². The van der Waals surface area contributed by atoms with E-state index in [-0.39, 0.29) is 11.9 Å². The van der Waals surface area contributed by atoms with Crippen molar-refractivity contribution in [3.63, 3.8) is 0 Å².